The molecule has 2 aromatic heterocycles. The van der Waals surface area contributed by atoms with Gasteiger partial charge in [0.1, 0.15) is 17.4 Å². The van der Waals surface area contributed by atoms with Crippen molar-refractivity contribution < 1.29 is 27.1 Å². The van der Waals surface area contributed by atoms with E-state index in [1.54, 1.807) is 30.6 Å². The van der Waals surface area contributed by atoms with E-state index in [4.69, 9.17) is 16.3 Å². The Hall–Kier alpha value is -4.25. The third-order valence-corrected chi connectivity index (χ3v) is 5.30. The lowest BCUT2D eigenvalue weighted by Gasteiger charge is -2.13. The molecule has 0 spiro atoms. The first kappa shape index (κ1) is 25.8. The number of carbonyl (C=O) groups excluding carboxylic acids is 1. The van der Waals surface area contributed by atoms with Crippen LogP contribution in [0.15, 0.2) is 67.0 Å². The van der Waals surface area contributed by atoms with Gasteiger partial charge in [0, 0.05) is 24.5 Å². The van der Waals surface area contributed by atoms with Gasteiger partial charge in [0.2, 0.25) is 5.88 Å². The van der Waals surface area contributed by atoms with Crippen molar-refractivity contribution in [1.29, 1.82) is 0 Å². The number of hydrogen-bond acceptors (Lipinski definition) is 5. The number of carbonyl (C=O) groups is 1. The van der Waals surface area contributed by atoms with Crippen LogP contribution in [0.3, 0.4) is 0 Å². The Kier molecular flexibility index (Phi) is 7.53. The van der Waals surface area contributed by atoms with E-state index < -0.39 is 29.3 Å². The van der Waals surface area contributed by atoms with Crippen molar-refractivity contribution in [2.75, 3.05) is 10.6 Å². The van der Waals surface area contributed by atoms with Crippen LogP contribution in [0.2, 0.25) is 5.02 Å². The van der Waals surface area contributed by atoms with Crippen molar-refractivity contribution in [3.8, 4) is 22.9 Å². The Bertz CT molecular complexity index is 1450. The fourth-order valence-electron chi connectivity index (χ4n) is 3.23. The number of nitrogens with one attached hydrogen (secondary N) is 2. The van der Waals surface area contributed by atoms with Crippen LogP contribution in [0.5, 0.6) is 11.6 Å². The molecule has 4 aromatic rings. The lowest BCUT2D eigenvalue weighted by Crippen LogP contribution is -2.20. The van der Waals surface area contributed by atoms with Crippen LogP contribution in [-0.2, 0) is 12.6 Å². The summed E-state index contributed by atoms with van der Waals surface area (Å²) in [5.74, 6) is 0.0970. The van der Waals surface area contributed by atoms with Gasteiger partial charge in [-0.15, -0.1) is 0 Å². The van der Waals surface area contributed by atoms with E-state index >= 15 is 0 Å². The van der Waals surface area contributed by atoms with Crippen molar-refractivity contribution in [3.63, 3.8) is 0 Å². The van der Waals surface area contributed by atoms with Gasteiger partial charge in [-0.3, -0.25) is 0 Å². The SMILES string of the molecule is CCc1nccc(-c2cccnc2Oc2ccc(NC(=O)Nc3cc(C(F)(F)F)ccc3F)cc2Cl)n1. The Labute approximate surface area is 213 Å². The molecule has 0 saturated heterocycles. The second-order valence-electron chi connectivity index (χ2n) is 7.59. The third-order valence-electron chi connectivity index (χ3n) is 5.01. The van der Waals surface area contributed by atoms with Crippen molar-refractivity contribution in [3.05, 3.63) is 89.2 Å². The number of aryl methyl sites for hydroxylation is 1. The molecular formula is C25H18ClF4N5O2. The molecule has 37 heavy (non-hydrogen) atoms. The number of halogens is 5. The fourth-order valence-corrected chi connectivity index (χ4v) is 3.45. The summed E-state index contributed by atoms with van der Waals surface area (Å²) in [5.41, 5.74) is -0.317. The molecular weight excluding hydrogens is 514 g/mol. The summed E-state index contributed by atoms with van der Waals surface area (Å²) in [7, 11) is 0. The highest BCUT2D eigenvalue weighted by Gasteiger charge is 2.31. The number of rotatable bonds is 6. The standard InChI is InChI=1S/C25H18ClF4N5O2/c1-2-22-31-11-9-19(34-22)16-4-3-10-32-23(16)37-21-8-6-15(13-17(21)26)33-24(36)35-20-12-14(25(28,29)30)5-7-18(20)27/h3-13H,2H2,1H3,(H2,33,35,36). The number of aromatic nitrogens is 3. The Morgan fingerprint density at radius 3 is 2.57 bits per heavy atom. The Morgan fingerprint density at radius 2 is 1.84 bits per heavy atom. The average Bonchev–Trinajstić information content (AvgIpc) is 2.86. The number of pyridine rings is 1. The highest BCUT2D eigenvalue weighted by molar-refractivity contribution is 6.32. The molecule has 2 amide bonds. The van der Waals surface area contributed by atoms with E-state index in [9.17, 15) is 22.4 Å². The molecule has 0 bridgehead atoms. The van der Waals surface area contributed by atoms with E-state index in [1.165, 1.54) is 18.2 Å². The second-order valence-corrected chi connectivity index (χ2v) is 7.99. The maximum absolute atomic E-state index is 13.9. The summed E-state index contributed by atoms with van der Waals surface area (Å²) < 4.78 is 58.5. The summed E-state index contributed by atoms with van der Waals surface area (Å²) in [5, 5.41) is 4.55. The van der Waals surface area contributed by atoms with Gasteiger partial charge in [0.25, 0.3) is 0 Å². The lowest BCUT2D eigenvalue weighted by atomic mass is 10.2. The molecule has 2 N–H and O–H groups in total. The highest BCUT2D eigenvalue weighted by Crippen LogP contribution is 2.35. The summed E-state index contributed by atoms with van der Waals surface area (Å²) in [6.07, 6.45) is -0.856. The van der Waals surface area contributed by atoms with Gasteiger partial charge in [-0.2, -0.15) is 13.2 Å². The Balaban J connectivity index is 1.49. The molecule has 0 saturated carbocycles. The highest BCUT2D eigenvalue weighted by atomic mass is 35.5. The van der Waals surface area contributed by atoms with Crippen molar-refractivity contribution in [2.45, 2.75) is 19.5 Å². The molecule has 0 fully saturated rings. The monoisotopic (exact) mass is 531 g/mol. The van der Waals surface area contributed by atoms with Crippen LogP contribution in [0.4, 0.5) is 33.7 Å². The minimum absolute atomic E-state index is 0.108. The molecule has 4 rings (SSSR count). The number of anilines is 2. The number of urea groups is 1. The molecule has 2 heterocycles. The zero-order valence-corrected chi connectivity index (χ0v) is 19.9. The lowest BCUT2D eigenvalue weighted by molar-refractivity contribution is -0.137. The second kappa shape index (κ2) is 10.8. The quantitative estimate of drug-likeness (QED) is 0.254. The van der Waals surface area contributed by atoms with Crippen molar-refractivity contribution in [1.82, 2.24) is 15.0 Å². The average molecular weight is 532 g/mol. The molecule has 0 unspecified atom stereocenters. The number of hydrogen-bond donors (Lipinski definition) is 2. The number of nitrogens with zero attached hydrogens (tertiary/aromatic N) is 3. The number of benzene rings is 2. The van der Waals surface area contributed by atoms with Crippen LogP contribution in [0.1, 0.15) is 18.3 Å². The first-order valence-electron chi connectivity index (χ1n) is 10.8. The number of alkyl halides is 3. The molecule has 0 atom stereocenters. The molecule has 2 aromatic carbocycles. The van der Waals surface area contributed by atoms with E-state index in [-0.39, 0.29) is 22.3 Å². The van der Waals surface area contributed by atoms with Crippen LogP contribution in [-0.4, -0.2) is 21.0 Å². The maximum Gasteiger partial charge on any atom is 0.416 e. The molecule has 0 aliphatic carbocycles. The molecule has 0 aliphatic heterocycles. The number of amides is 2. The largest absolute Gasteiger partial charge is 0.437 e. The van der Waals surface area contributed by atoms with Crippen molar-refractivity contribution >= 4 is 29.0 Å². The van der Waals surface area contributed by atoms with Gasteiger partial charge in [0.15, 0.2) is 0 Å². The van der Waals surface area contributed by atoms with Gasteiger partial charge >= 0.3 is 12.2 Å². The number of ether oxygens (including phenoxy) is 1. The normalized spacial score (nSPS) is 11.2. The third kappa shape index (κ3) is 6.31. The maximum atomic E-state index is 13.9. The van der Waals surface area contributed by atoms with E-state index in [1.807, 2.05) is 6.92 Å². The van der Waals surface area contributed by atoms with Gasteiger partial charge in [-0.1, -0.05) is 18.5 Å². The summed E-state index contributed by atoms with van der Waals surface area (Å²) in [6.45, 7) is 1.94. The first-order valence-corrected chi connectivity index (χ1v) is 11.2. The molecule has 0 radical (unpaired) electrons. The topological polar surface area (TPSA) is 89.0 Å². The van der Waals surface area contributed by atoms with E-state index in [2.05, 4.69) is 25.6 Å². The fraction of sp³-hybridized carbons (Fsp3) is 0.120. The molecule has 0 aliphatic rings. The first-order chi connectivity index (χ1) is 17.6. The van der Waals surface area contributed by atoms with E-state index in [0.717, 1.165) is 0 Å². The summed E-state index contributed by atoms with van der Waals surface area (Å²) in [6, 6.07) is 10.3. The smallest absolute Gasteiger partial charge is 0.416 e. The predicted octanol–water partition coefficient (Wildman–Crippen LogP) is 7.35. The van der Waals surface area contributed by atoms with Crippen molar-refractivity contribution in [2.24, 2.45) is 0 Å². The van der Waals surface area contributed by atoms with Gasteiger partial charge in [0.05, 0.1) is 27.5 Å². The minimum atomic E-state index is -4.69. The minimum Gasteiger partial charge on any atom is -0.437 e. The van der Waals surface area contributed by atoms with Gasteiger partial charge < -0.3 is 15.4 Å². The molecule has 12 heteroatoms. The Morgan fingerprint density at radius 1 is 1.03 bits per heavy atom. The van der Waals surface area contributed by atoms with Crippen LogP contribution < -0.4 is 15.4 Å². The van der Waals surface area contributed by atoms with Crippen LogP contribution >= 0.6 is 11.6 Å². The van der Waals surface area contributed by atoms with Crippen LogP contribution in [0.25, 0.3) is 11.3 Å². The van der Waals surface area contributed by atoms with E-state index in [0.29, 0.717) is 41.7 Å². The zero-order valence-electron chi connectivity index (χ0n) is 19.1. The van der Waals surface area contributed by atoms with Crippen LogP contribution in [0, 0.1) is 5.82 Å². The van der Waals surface area contributed by atoms with Gasteiger partial charge in [-0.05, 0) is 54.6 Å². The predicted molar refractivity (Wildman–Crippen MR) is 130 cm³/mol. The summed E-state index contributed by atoms with van der Waals surface area (Å²) >= 11 is 6.33. The zero-order chi connectivity index (χ0) is 26.6. The summed E-state index contributed by atoms with van der Waals surface area (Å²) in [4.78, 5) is 25.2. The molecule has 190 valence electrons. The molecule has 7 nitrogen and oxygen atoms in total. The van der Waals surface area contributed by atoms with Gasteiger partial charge in [-0.25, -0.2) is 24.1 Å².